The number of hydrogen-bond donors (Lipinski definition) is 0. The molecule has 0 radical (unpaired) electrons. The maximum absolute atomic E-state index is 6.59. The first-order valence-electron chi connectivity index (χ1n) is 20.3. The molecule has 2 heteroatoms. The van der Waals surface area contributed by atoms with Gasteiger partial charge in [0.05, 0.1) is 0 Å². The van der Waals surface area contributed by atoms with Crippen LogP contribution in [0.4, 0.5) is 17.1 Å². The third kappa shape index (κ3) is 5.18. The molecule has 2 nitrogen and oxygen atoms in total. The van der Waals surface area contributed by atoms with Crippen molar-refractivity contribution in [3.8, 4) is 55.8 Å². The minimum absolute atomic E-state index is 0.0921. The van der Waals surface area contributed by atoms with Crippen LogP contribution in [0.1, 0.15) is 49.9 Å². The van der Waals surface area contributed by atoms with Crippen molar-refractivity contribution in [1.29, 1.82) is 0 Å². The number of fused-ring (bicyclic) bond motifs is 8. The van der Waals surface area contributed by atoms with Crippen molar-refractivity contribution < 1.29 is 4.42 Å². The van der Waals surface area contributed by atoms with E-state index in [-0.39, 0.29) is 10.8 Å². The Morgan fingerprint density at radius 1 is 0.379 bits per heavy atom. The average Bonchev–Trinajstić information content (AvgIpc) is 3.85. The van der Waals surface area contributed by atoms with Crippen molar-refractivity contribution in [2.24, 2.45) is 0 Å². The summed E-state index contributed by atoms with van der Waals surface area (Å²) in [5.41, 5.74) is 20.5. The molecule has 0 bridgehead atoms. The van der Waals surface area contributed by atoms with E-state index in [1.54, 1.807) is 0 Å². The smallest absolute Gasteiger partial charge is 0.140 e. The molecule has 11 rings (SSSR count). The van der Waals surface area contributed by atoms with Crippen LogP contribution in [0.25, 0.3) is 66.8 Å². The Balaban J connectivity index is 0.951. The Bertz CT molecular complexity index is 3020. The van der Waals surface area contributed by atoms with Gasteiger partial charge in [0.1, 0.15) is 11.3 Å². The second kappa shape index (κ2) is 12.8. The first-order valence-corrected chi connectivity index (χ1v) is 20.3. The van der Waals surface area contributed by atoms with Crippen molar-refractivity contribution >= 4 is 28.0 Å². The minimum Gasteiger partial charge on any atom is -0.456 e. The molecule has 9 aromatic rings. The molecule has 0 amide bonds. The zero-order valence-corrected chi connectivity index (χ0v) is 33.3. The highest BCUT2D eigenvalue weighted by Gasteiger charge is 2.41. The number of furan rings is 1. The average molecular weight is 746 g/mol. The number of benzene rings is 8. The number of hydrogen-bond acceptors (Lipinski definition) is 2. The van der Waals surface area contributed by atoms with Crippen LogP contribution in [-0.2, 0) is 10.8 Å². The Morgan fingerprint density at radius 2 is 0.897 bits per heavy atom. The second-order valence-electron chi connectivity index (χ2n) is 16.9. The van der Waals surface area contributed by atoms with Crippen molar-refractivity contribution in [2.75, 3.05) is 4.90 Å². The Morgan fingerprint density at radius 3 is 1.60 bits per heavy atom. The van der Waals surface area contributed by atoms with E-state index >= 15 is 0 Å². The molecule has 2 aliphatic carbocycles. The molecule has 8 aromatic carbocycles. The van der Waals surface area contributed by atoms with Gasteiger partial charge >= 0.3 is 0 Å². The molecule has 278 valence electrons. The highest BCUT2D eigenvalue weighted by molar-refractivity contribution is 5.99. The lowest BCUT2D eigenvalue weighted by Gasteiger charge is -2.28. The molecular formula is C56H43NO. The van der Waals surface area contributed by atoms with E-state index in [0.29, 0.717) is 0 Å². The molecule has 2 aliphatic rings. The summed E-state index contributed by atoms with van der Waals surface area (Å²) in [6.07, 6.45) is 0. The van der Waals surface area contributed by atoms with Crippen LogP contribution in [0.15, 0.2) is 192 Å². The zero-order valence-electron chi connectivity index (χ0n) is 33.3. The summed E-state index contributed by atoms with van der Waals surface area (Å²) in [4.78, 5) is 2.39. The molecule has 0 spiro atoms. The molecule has 1 heterocycles. The van der Waals surface area contributed by atoms with Crippen LogP contribution in [-0.4, -0.2) is 0 Å². The van der Waals surface area contributed by atoms with Gasteiger partial charge in [0, 0.05) is 44.4 Å². The number of nitrogens with zero attached hydrogens (tertiary/aromatic N) is 1. The Labute approximate surface area is 340 Å². The lowest BCUT2D eigenvalue weighted by molar-refractivity contribution is 0.619. The van der Waals surface area contributed by atoms with Crippen molar-refractivity contribution in [2.45, 2.75) is 38.5 Å². The summed E-state index contributed by atoms with van der Waals surface area (Å²) in [5, 5.41) is 1.21. The molecule has 0 N–H and O–H groups in total. The van der Waals surface area contributed by atoms with Gasteiger partial charge in [-0.25, -0.2) is 0 Å². The van der Waals surface area contributed by atoms with Gasteiger partial charge in [0.25, 0.3) is 0 Å². The quantitative estimate of drug-likeness (QED) is 0.169. The van der Waals surface area contributed by atoms with E-state index in [1.807, 2.05) is 0 Å². The largest absolute Gasteiger partial charge is 0.456 e. The fraction of sp³-hybridized carbons (Fsp3) is 0.107. The fourth-order valence-corrected chi connectivity index (χ4v) is 9.89. The first kappa shape index (κ1) is 34.4. The third-order valence-electron chi connectivity index (χ3n) is 12.9. The lowest BCUT2D eigenvalue weighted by Crippen LogP contribution is -2.16. The molecule has 0 unspecified atom stereocenters. The zero-order chi connectivity index (χ0) is 39.2. The topological polar surface area (TPSA) is 16.4 Å². The van der Waals surface area contributed by atoms with Crippen molar-refractivity contribution in [1.82, 2.24) is 0 Å². The summed E-state index contributed by atoms with van der Waals surface area (Å²) >= 11 is 0. The van der Waals surface area contributed by atoms with Gasteiger partial charge in [-0.3, -0.25) is 0 Å². The van der Waals surface area contributed by atoms with Gasteiger partial charge in [-0.15, -0.1) is 0 Å². The summed E-state index contributed by atoms with van der Waals surface area (Å²) in [6.45, 7) is 9.34. The van der Waals surface area contributed by atoms with Crippen LogP contribution in [0.3, 0.4) is 0 Å². The maximum Gasteiger partial charge on any atom is 0.140 e. The molecule has 58 heavy (non-hydrogen) atoms. The van der Waals surface area contributed by atoms with Crippen LogP contribution < -0.4 is 4.90 Å². The summed E-state index contributed by atoms with van der Waals surface area (Å²) in [6, 6.07) is 68.6. The van der Waals surface area contributed by atoms with E-state index in [9.17, 15) is 0 Å². The second-order valence-corrected chi connectivity index (χ2v) is 16.9. The Kier molecular flexibility index (Phi) is 7.59. The number of para-hydroxylation sites is 1. The fourth-order valence-electron chi connectivity index (χ4n) is 9.89. The van der Waals surface area contributed by atoms with E-state index < -0.39 is 0 Å². The highest BCUT2D eigenvalue weighted by atomic mass is 16.3. The van der Waals surface area contributed by atoms with Gasteiger partial charge in [-0.1, -0.05) is 173 Å². The Hall–Kier alpha value is -6.90. The van der Waals surface area contributed by atoms with Gasteiger partial charge in [0.2, 0.25) is 0 Å². The van der Waals surface area contributed by atoms with Crippen LogP contribution in [0.5, 0.6) is 0 Å². The summed E-state index contributed by atoms with van der Waals surface area (Å²) in [7, 11) is 0. The van der Waals surface area contributed by atoms with Gasteiger partial charge in [0.15, 0.2) is 0 Å². The molecule has 1 aromatic heterocycles. The normalized spacial score (nSPS) is 14.1. The first-order chi connectivity index (χ1) is 28.3. The minimum atomic E-state index is -0.145. The molecular weight excluding hydrogens is 703 g/mol. The molecule has 0 fully saturated rings. The van der Waals surface area contributed by atoms with Gasteiger partial charge in [-0.05, 0) is 104 Å². The standard InChI is InChI=1S/C56H43NO/c1-55(2)48-18-10-8-15-45(48)46-34-33-43(35-50(46)55)57(41-29-25-38(26-30-41)36-13-6-5-7-14-36)42-31-27-39(28-32-42)37-21-23-40(24-22-37)44-17-12-19-49-52(44)54-53(56(49,3)4)47-16-9-11-20-51(47)58-54/h5-35H,1-4H3. The highest BCUT2D eigenvalue weighted by Crippen LogP contribution is 2.56. The van der Waals surface area contributed by atoms with Gasteiger partial charge < -0.3 is 9.32 Å². The molecule has 0 atom stereocenters. The summed E-state index contributed by atoms with van der Waals surface area (Å²) in [5.74, 6) is 1.01. The van der Waals surface area contributed by atoms with E-state index in [4.69, 9.17) is 4.42 Å². The van der Waals surface area contributed by atoms with Crippen molar-refractivity contribution in [3.05, 3.63) is 210 Å². The van der Waals surface area contributed by atoms with Crippen molar-refractivity contribution in [3.63, 3.8) is 0 Å². The third-order valence-corrected chi connectivity index (χ3v) is 12.9. The van der Waals surface area contributed by atoms with Crippen LogP contribution in [0, 0.1) is 0 Å². The van der Waals surface area contributed by atoms with Crippen LogP contribution >= 0.6 is 0 Å². The molecule has 0 saturated heterocycles. The SMILES string of the molecule is CC1(C)c2ccccc2-c2ccc(N(c3ccc(-c4ccccc4)cc3)c3ccc(-c4ccc(-c5cccc6c5-c5oc7ccccc7c5C6(C)C)cc4)cc3)cc21. The summed E-state index contributed by atoms with van der Waals surface area (Å²) < 4.78 is 6.59. The predicted molar refractivity (Wildman–Crippen MR) is 242 cm³/mol. The van der Waals surface area contributed by atoms with Crippen LogP contribution in [0.2, 0.25) is 0 Å². The van der Waals surface area contributed by atoms with E-state index in [1.165, 1.54) is 77.7 Å². The lowest BCUT2D eigenvalue weighted by atomic mass is 9.81. The number of rotatable bonds is 6. The molecule has 0 saturated carbocycles. The molecule has 0 aliphatic heterocycles. The van der Waals surface area contributed by atoms with E-state index in [0.717, 1.165) is 28.4 Å². The number of anilines is 3. The maximum atomic E-state index is 6.59. The van der Waals surface area contributed by atoms with Gasteiger partial charge in [-0.2, -0.15) is 0 Å². The monoisotopic (exact) mass is 745 g/mol. The predicted octanol–water partition coefficient (Wildman–Crippen LogP) is 15.5. The van der Waals surface area contributed by atoms with E-state index in [2.05, 4.69) is 221 Å².